The Morgan fingerprint density at radius 2 is 1.41 bits per heavy atom. The zero-order valence-electron chi connectivity index (χ0n) is 31.1. The van der Waals surface area contributed by atoms with Crippen LogP contribution in [-0.2, 0) is 12.4 Å². The fourth-order valence-electron chi connectivity index (χ4n) is 6.31. The minimum absolute atomic E-state index is 0.105. The van der Waals surface area contributed by atoms with Crippen LogP contribution >= 0.6 is 0 Å². The summed E-state index contributed by atoms with van der Waals surface area (Å²) in [6, 6.07) is 10.0. The van der Waals surface area contributed by atoms with Crippen LogP contribution in [0.5, 0.6) is 0 Å². The maximum atomic E-state index is 13.3. The van der Waals surface area contributed by atoms with E-state index < -0.39 is 23.5 Å². The fraction of sp³-hybridized carbons (Fsp3) is 0.537. The normalized spacial score (nSPS) is 18.0. The van der Waals surface area contributed by atoms with Gasteiger partial charge in [-0.05, 0) is 113 Å². The zero-order valence-corrected chi connectivity index (χ0v) is 31.1. The molecule has 1 aliphatic carbocycles. The molecule has 0 amide bonds. The number of hydrogen-bond acceptors (Lipinski definition) is 3. The molecule has 10 heteroatoms. The van der Waals surface area contributed by atoms with E-state index in [1.165, 1.54) is 39.0 Å². The SMILES string of the molecule is CC1CCCCC1.CC\C=C(C(=C/N=C(C)Nc1cc(C(F)(F)F)cc(C(F)(F)F)c1)/C(C)=C/CCC)\c1ccc(NC2CCN(C)CC2)cc1. The molecular weight excluding hydrogens is 662 g/mol. The van der Waals surface area contributed by atoms with E-state index in [9.17, 15) is 26.3 Å². The molecule has 282 valence electrons. The molecule has 2 aromatic rings. The van der Waals surface area contributed by atoms with Gasteiger partial charge < -0.3 is 15.5 Å². The standard InChI is InChI=1S/C34H42F6N4.C7H14/c1-6-8-10-23(3)32(22-41-24(4)42-30-20-26(33(35,36)37)19-27(21-30)34(38,39)40)31(9-7-2)25-11-13-28(14-12-25)43-29-15-17-44(5)18-16-29;1-7-5-3-2-4-6-7/h9-14,19-22,29,43H,6-8,15-18H2,1-5H3,(H,41,42);7H,2-6H2,1H3/b23-10+,31-9-,32-22+;. The molecule has 4 rings (SSSR count). The highest BCUT2D eigenvalue weighted by atomic mass is 19.4. The van der Waals surface area contributed by atoms with Crippen LogP contribution in [0.25, 0.3) is 5.57 Å². The number of amidine groups is 1. The van der Waals surface area contributed by atoms with Crippen molar-refractivity contribution >= 4 is 22.8 Å². The van der Waals surface area contributed by atoms with Gasteiger partial charge >= 0.3 is 12.4 Å². The van der Waals surface area contributed by atoms with Gasteiger partial charge in [0.15, 0.2) is 0 Å². The summed E-state index contributed by atoms with van der Waals surface area (Å²) >= 11 is 0. The lowest BCUT2D eigenvalue weighted by Gasteiger charge is -2.30. The lowest BCUT2D eigenvalue weighted by molar-refractivity contribution is -0.143. The van der Waals surface area contributed by atoms with Gasteiger partial charge in [0.25, 0.3) is 0 Å². The second-order valence-corrected chi connectivity index (χ2v) is 13.9. The number of alkyl halides is 6. The molecule has 0 aromatic heterocycles. The number of benzene rings is 2. The number of halogens is 6. The maximum Gasteiger partial charge on any atom is 0.416 e. The van der Waals surface area contributed by atoms with E-state index in [1.54, 1.807) is 6.20 Å². The van der Waals surface area contributed by atoms with Crippen LogP contribution in [0.4, 0.5) is 37.7 Å². The average Bonchev–Trinajstić information content (AvgIpc) is 3.08. The van der Waals surface area contributed by atoms with Gasteiger partial charge in [0.2, 0.25) is 0 Å². The first kappa shape index (κ1) is 41.9. The van der Waals surface area contributed by atoms with Crippen LogP contribution < -0.4 is 10.6 Å². The van der Waals surface area contributed by atoms with Gasteiger partial charge in [0, 0.05) is 29.2 Å². The van der Waals surface area contributed by atoms with Gasteiger partial charge in [-0.2, -0.15) is 26.3 Å². The lowest BCUT2D eigenvalue weighted by Crippen LogP contribution is -2.36. The summed E-state index contributed by atoms with van der Waals surface area (Å²) in [6.07, 6.45) is 8.07. The summed E-state index contributed by atoms with van der Waals surface area (Å²) in [5.74, 6) is 1.18. The highest BCUT2D eigenvalue weighted by molar-refractivity contribution is 5.94. The summed E-state index contributed by atoms with van der Waals surface area (Å²) in [6.45, 7) is 12.1. The second-order valence-electron chi connectivity index (χ2n) is 13.9. The molecule has 2 aliphatic rings. The lowest BCUT2D eigenvalue weighted by atomic mass is 9.91. The summed E-state index contributed by atoms with van der Waals surface area (Å²) in [4.78, 5) is 6.77. The van der Waals surface area contributed by atoms with Crippen LogP contribution in [0.3, 0.4) is 0 Å². The number of piperidine rings is 1. The minimum atomic E-state index is -4.94. The van der Waals surface area contributed by atoms with E-state index >= 15 is 0 Å². The molecule has 1 aliphatic heterocycles. The first-order valence-corrected chi connectivity index (χ1v) is 18.3. The van der Waals surface area contributed by atoms with Crippen molar-refractivity contribution in [3.63, 3.8) is 0 Å². The van der Waals surface area contributed by atoms with Crippen molar-refractivity contribution in [3.05, 3.63) is 88.7 Å². The number of nitrogens with one attached hydrogen (secondary N) is 2. The summed E-state index contributed by atoms with van der Waals surface area (Å²) in [5, 5.41) is 6.25. The number of aliphatic imine (C=N–C) groups is 1. The summed E-state index contributed by atoms with van der Waals surface area (Å²) in [5.41, 5.74) is 1.62. The maximum absolute atomic E-state index is 13.3. The van der Waals surface area contributed by atoms with Gasteiger partial charge in [-0.1, -0.05) is 83.6 Å². The van der Waals surface area contributed by atoms with E-state index in [0.29, 0.717) is 18.2 Å². The third-order valence-corrected chi connectivity index (χ3v) is 9.34. The van der Waals surface area contributed by atoms with Gasteiger partial charge in [-0.3, -0.25) is 0 Å². The summed E-state index contributed by atoms with van der Waals surface area (Å²) < 4.78 is 80.1. The van der Waals surface area contributed by atoms with Crippen LogP contribution in [0.1, 0.15) is 116 Å². The Labute approximate surface area is 301 Å². The molecule has 0 radical (unpaired) electrons. The fourth-order valence-corrected chi connectivity index (χ4v) is 6.31. The Morgan fingerprint density at radius 3 is 1.90 bits per heavy atom. The Balaban J connectivity index is 0.000000892. The third kappa shape index (κ3) is 14.2. The zero-order chi connectivity index (χ0) is 37.6. The molecule has 0 unspecified atom stereocenters. The second kappa shape index (κ2) is 19.9. The molecule has 4 nitrogen and oxygen atoms in total. The summed E-state index contributed by atoms with van der Waals surface area (Å²) in [7, 11) is 2.13. The smallest absolute Gasteiger partial charge is 0.382 e. The van der Waals surface area contributed by atoms with Crippen molar-refractivity contribution in [2.45, 2.75) is 117 Å². The van der Waals surface area contributed by atoms with Gasteiger partial charge in [0.05, 0.1) is 11.1 Å². The molecule has 51 heavy (non-hydrogen) atoms. The van der Waals surface area contributed by atoms with Gasteiger partial charge in [0.1, 0.15) is 5.84 Å². The first-order chi connectivity index (χ1) is 24.1. The molecule has 0 atom stereocenters. The molecule has 2 aromatic carbocycles. The minimum Gasteiger partial charge on any atom is -0.382 e. The Hall–Kier alpha value is -3.53. The third-order valence-electron chi connectivity index (χ3n) is 9.34. The van der Waals surface area contributed by atoms with Crippen LogP contribution in [0.15, 0.2) is 77.0 Å². The predicted molar refractivity (Wildman–Crippen MR) is 201 cm³/mol. The number of anilines is 2. The van der Waals surface area contributed by atoms with Crippen LogP contribution in [0, 0.1) is 5.92 Å². The highest BCUT2D eigenvalue weighted by Crippen LogP contribution is 2.38. The number of likely N-dealkylation sites (tertiary alicyclic amines) is 1. The van der Waals surface area contributed by atoms with E-state index in [-0.39, 0.29) is 17.6 Å². The Kier molecular flexibility index (Phi) is 16.4. The van der Waals surface area contributed by atoms with Crippen LogP contribution in [-0.4, -0.2) is 36.9 Å². The van der Waals surface area contributed by atoms with E-state index in [0.717, 1.165) is 79.1 Å². The number of hydrogen-bond donors (Lipinski definition) is 2. The van der Waals surface area contributed by atoms with Crippen LogP contribution in [0.2, 0.25) is 0 Å². The molecule has 2 fully saturated rings. The van der Waals surface area contributed by atoms with Crippen molar-refractivity contribution in [2.75, 3.05) is 30.8 Å². The molecular formula is C41H56F6N4. The molecule has 2 N–H and O–H groups in total. The van der Waals surface area contributed by atoms with E-state index in [1.807, 2.05) is 13.8 Å². The Bertz CT molecular complexity index is 1460. The van der Waals surface area contributed by atoms with E-state index in [2.05, 4.69) is 77.8 Å². The van der Waals surface area contributed by atoms with Gasteiger partial charge in [-0.25, -0.2) is 4.99 Å². The molecule has 0 bridgehead atoms. The number of nitrogens with zero attached hydrogens (tertiary/aromatic N) is 2. The Morgan fingerprint density at radius 1 is 0.824 bits per heavy atom. The topological polar surface area (TPSA) is 39.7 Å². The average molecular weight is 719 g/mol. The molecule has 0 spiro atoms. The van der Waals surface area contributed by atoms with Crippen molar-refractivity contribution in [2.24, 2.45) is 10.9 Å². The molecule has 1 saturated heterocycles. The molecule has 1 saturated carbocycles. The van der Waals surface area contributed by atoms with Crippen molar-refractivity contribution < 1.29 is 26.3 Å². The molecule has 1 heterocycles. The number of unbranched alkanes of at least 4 members (excludes halogenated alkanes) is 1. The first-order valence-electron chi connectivity index (χ1n) is 18.3. The quantitative estimate of drug-likeness (QED) is 0.111. The number of allylic oxidation sites excluding steroid dienone is 5. The van der Waals surface area contributed by atoms with Crippen molar-refractivity contribution in [1.82, 2.24) is 4.90 Å². The van der Waals surface area contributed by atoms with Crippen molar-refractivity contribution in [3.8, 4) is 0 Å². The monoisotopic (exact) mass is 718 g/mol. The van der Waals surface area contributed by atoms with E-state index in [4.69, 9.17) is 0 Å². The number of rotatable bonds is 10. The van der Waals surface area contributed by atoms with Gasteiger partial charge in [-0.15, -0.1) is 0 Å². The highest BCUT2D eigenvalue weighted by Gasteiger charge is 2.37. The largest absolute Gasteiger partial charge is 0.416 e. The van der Waals surface area contributed by atoms with Crippen molar-refractivity contribution in [1.29, 1.82) is 0 Å². The predicted octanol–water partition coefficient (Wildman–Crippen LogP) is 12.8.